The Bertz CT molecular complexity index is 4770. The fourth-order valence-corrected chi connectivity index (χ4v) is 12.2. The predicted molar refractivity (Wildman–Crippen MR) is 347 cm³/mol. The summed E-state index contributed by atoms with van der Waals surface area (Å²) in [4.78, 5) is 4.94. The van der Waals surface area contributed by atoms with Crippen LogP contribution in [-0.4, -0.2) is 14.1 Å². The van der Waals surface area contributed by atoms with Gasteiger partial charge in [-0.15, -0.1) is 0 Å². The van der Waals surface area contributed by atoms with Gasteiger partial charge in [-0.3, -0.25) is 13.7 Å². The van der Waals surface area contributed by atoms with E-state index in [4.69, 9.17) is 17.9 Å². The SMILES string of the molecule is [2H]C([2H])([2H])c1cccc(C([2H])([2H])[2H])c1-c1cc(C(C)(C)C)cc2c1-[n+]1[c-]n(-c3cccc(Oc4ccc5c6ccccc6n(-c6cc(C(C)(C)C)ccn6)c5c4)c3)c3cc(-c4cc(C(C)(C)C)cc(C(C)(C)C)c4)cc(c31)-c1ccccc1-c1ccccc1-2. The molecule has 83 heavy (non-hydrogen) atoms. The molecule has 0 unspecified atom stereocenters. The molecule has 0 fully saturated rings. The second kappa shape index (κ2) is 19.4. The van der Waals surface area contributed by atoms with Crippen LogP contribution in [-0.2, 0) is 21.7 Å². The smallest absolute Gasteiger partial charge is 0.269 e. The lowest BCUT2D eigenvalue weighted by Crippen LogP contribution is -2.32. The monoisotopic (exact) mass is 1090 g/mol. The Hall–Kier alpha value is -8.80. The summed E-state index contributed by atoms with van der Waals surface area (Å²) < 4.78 is 68.1. The number of ether oxygens (including phenoxy) is 1. The quantitative estimate of drug-likeness (QED) is 0.123. The van der Waals surface area contributed by atoms with Gasteiger partial charge in [-0.05, 0) is 179 Å². The third-order valence-electron chi connectivity index (χ3n) is 16.8. The molecule has 9 aromatic carbocycles. The van der Waals surface area contributed by atoms with E-state index in [9.17, 15) is 0 Å². The molecule has 3 aromatic heterocycles. The van der Waals surface area contributed by atoms with Crippen molar-refractivity contribution in [3.05, 3.63) is 234 Å². The van der Waals surface area contributed by atoms with Crippen LogP contribution in [0, 0.1) is 20.0 Å². The highest BCUT2D eigenvalue weighted by atomic mass is 16.5. The number of pyridine rings is 1. The Balaban J connectivity index is 1.13. The first-order valence-electron chi connectivity index (χ1n) is 31.9. The van der Waals surface area contributed by atoms with Crippen LogP contribution in [0.2, 0.25) is 0 Å². The average molecular weight is 1090 g/mol. The average Bonchev–Trinajstić information content (AvgIpc) is 1.75. The minimum atomic E-state index is -2.69. The number of aromatic nitrogens is 4. The van der Waals surface area contributed by atoms with Crippen molar-refractivity contribution in [2.45, 2.75) is 118 Å². The predicted octanol–water partition coefficient (Wildman–Crippen LogP) is 20.4. The number of hydrogen-bond donors (Lipinski definition) is 0. The summed E-state index contributed by atoms with van der Waals surface area (Å²) in [6.45, 7) is 21.2. The highest BCUT2D eigenvalue weighted by Crippen LogP contribution is 2.49. The van der Waals surface area contributed by atoms with Crippen molar-refractivity contribution in [1.82, 2.24) is 14.1 Å². The summed E-state index contributed by atoms with van der Waals surface area (Å²) in [6, 6.07) is 64.4. The van der Waals surface area contributed by atoms with Gasteiger partial charge in [-0.2, -0.15) is 0 Å². The molecule has 1 aliphatic rings. The molecular formula is C78H74N4O. The second-order valence-corrected chi connectivity index (χ2v) is 26.7. The van der Waals surface area contributed by atoms with Gasteiger partial charge in [0.1, 0.15) is 17.3 Å². The maximum Gasteiger partial charge on any atom is 0.269 e. The molecule has 13 rings (SSSR count). The number of hydrogen-bond acceptors (Lipinski definition) is 2. The van der Waals surface area contributed by atoms with Crippen molar-refractivity contribution in [3.63, 3.8) is 0 Å². The van der Waals surface area contributed by atoms with Crippen molar-refractivity contribution in [2.24, 2.45) is 0 Å². The molecule has 412 valence electrons. The number of imidazole rings is 1. The first kappa shape index (κ1) is 46.8. The third kappa shape index (κ3) is 9.35. The largest absolute Gasteiger partial charge is 0.458 e. The fourth-order valence-electron chi connectivity index (χ4n) is 12.2. The van der Waals surface area contributed by atoms with E-state index in [0.29, 0.717) is 22.7 Å². The first-order chi connectivity index (χ1) is 41.9. The van der Waals surface area contributed by atoms with Gasteiger partial charge in [0.15, 0.2) is 0 Å². The third-order valence-corrected chi connectivity index (χ3v) is 16.8. The van der Waals surface area contributed by atoms with Crippen molar-refractivity contribution < 1.29 is 17.5 Å². The van der Waals surface area contributed by atoms with E-state index in [2.05, 4.69) is 237 Å². The summed E-state index contributed by atoms with van der Waals surface area (Å²) in [5.41, 5.74) is 16.7. The molecule has 0 saturated heterocycles. The van der Waals surface area contributed by atoms with Gasteiger partial charge in [0, 0.05) is 31.3 Å². The van der Waals surface area contributed by atoms with Gasteiger partial charge in [0.05, 0.1) is 33.4 Å². The molecule has 1 aliphatic heterocycles. The van der Waals surface area contributed by atoms with Gasteiger partial charge in [-0.25, -0.2) is 4.98 Å². The van der Waals surface area contributed by atoms with Crippen LogP contribution in [0.1, 0.15) is 125 Å². The van der Waals surface area contributed by atoms with Crippen molar-refractivity contribution in [1.29, 1.82) is 0 Å². The van der Waals surface area contributed by atoms with Crippen LogP contribution >= 0.6 is 0 Å². The molecule has 0 aliphatic carbocycles. The topological polar surface area (TPSA) is 35.9 Å². The van der Waals surface area contributed by atoms with E-state index in [1.807, 2.05) is 42.6 Å². The zero-order chi connectivity index (χ0) is 63.1. The van der Waals surface area contributed by atoms with Gasteiger partial charge >= 0.3 is 0 Å². The Morgan fingerprint density at radius 2 is 0.988 bits per heavy atom. The molecule has 0 spiro atoms. The van der Waals surface area contributed by atoms with Crippen molar-refractivity contribution in [2.75, 3.05) is 0 Å². The number of para-hydroxylation sites is 1. The van der Waals surface area contributed by atoms with Crippen LogP contribution in [0.3, 0.4) is 0 Å². The molecular weight excluding hydrogens is 1010 g/mol. The lowest BCUT2D eigenvalue weighted by Gasteiger charge is -2.27. The summed E-state index contributed by atoms with van der Waals surface area (Å²) in [5.74, 6) is 2.06. The van der Waals surface area contributed by atoms with Gasteiger partial charge in [0.25, 0.3) is 6.33 Å². The van der Waals surface area contributed by atoms with Crippen LogP contribution in [0.25, 0.3) is 106 Å². The molecule has 4 heterocycles. The van der Waals surface area contributed by atoms with Gasteiger partial charge < -0.3 is 4.74 Å². The second-order valence-electron chi connectivity index (χ2n) is 26.7. The molecule has 5 heteroatoms. The standard InChI is InChI=1S/C78H74N4O/c1-48-23-21-24-49(2)72(48)67-43-55(78(12,13)14)42-66-62-30-18-16-28-60(62)59-27-15-17-29-61(59)65-39-51(50-37-53(76(6,7)8)41-54(38-50)77(9,10)11)40-70-74(65)81(73(66)67)47-80(70)56-25-22-26-57(45-56)83-58-33-34-64-63-31-19-20-32-68(63)82(69(64)46-58)71-44-52(35-36-79-71)75(3,4)5/h15-46H,1-14H3/i1D3,2D3. The summed E-state index contributed by atoms with van der Waals surface area (Å²) in [6.07, 6.45) is 5.84. The first-order valence-corrected chi connectivity index (χ1v) is 28.9. The minimum absolute atomic E-state index is 0.0471. The van der Waals surface area contributed by atoms with Gasteiger partial charge in [-0.1, -0.05) is 210 Å². The molecule has 5 nitrogen and oxygen atoms in total. The van der Waals surface area contributed by atoms with Crippen molar-refractivity contribution >= 4 is 32.8 Å². The molecule has 0 N–H and O–H groups in total. The molecule has 0 atom stereocenters. The van der Waals surface area contributed by atoms with E-state index < -0.39 is 19.1 Å². The minimum Gasteiger partial charge on any atom is -0.458 e. The van der Waals surface area contributed by atoms with Crippen LogP contribution in [0.15, 0.2) is 194 Å². The maximum atomic E-state index is 9.12. The Labute approximate surface area is 499 Å². The molecule has 0 radical (unpaired) electrons. The zero-order valence-corrected chi connectivity index (χ0v) is 49.7. The molecule has 0 saturated carbocycles. The Kier molecular flexibility index (Phi) is 10.9. The molecule has 12 aromatic rings. The molecule has 0 bridgehead atoms. The normalized spacial score (nSPS) is 14.1. The Morgan fingerprint density at radius 1 is 0.434 bits per heavy atom. The van der Waals surface area contributed by atoms with Crippen molar-refractivity contribution in [3.8, 4) is 84.3 Å². The number of nitrogens with zero attached hydrogens (tertiary/aromatic N) is 4. The van der Waals surface area contributed by atoms with Crippen LogP contribution < -0.4 is 9.30 Å². The maximum absolute atomic E-state index is 9.12. The molecule has 0 amide bonds. The van der Waals surface area contributed by atoms with Gasteiger partial charge in [0.2, 0.25) is 0 Å². The lowest BCUT2D eigenvalue weighted by atomic mass is 9.78. The number of fused-ring (bicyclic) bond motifs is 10. The summed E-state index contributed by atoms with van der Waals surface area (Å²) in [7, 11) is 0. The highest BCUT2D eigenvalue weighted by Gasteiger charge is 2.31. The Morgan fingerprint density at radius 3 is 1.64 bits per heavy atom. The fraction of sp³-hybridized carbons (Fsp3) is 0.231. The van der Waals surface area contributed by atoms with Crippen LogP contribution in [0.5, 0.6) is 11.5 Å². The van der Waals surface area contributed by atoms with E-state index in [0.717, 1.165) is 94.4 Å². The summed E-state index contributed by atoms with van der Waals surface area (Å²) in [5, 5.41) is 2.19. The highest BCUT2D eigenvalue weighted by molar-refractivity contribution is 6.10. The number of aryl methyl sites for hydroxylation is 2. The number of rotatable bonds is 6. The number of benzene rings is 9. The lowest BCUT2D eigenvalue weighted by molar-refractivity contribution is -0.570. The zero-order valence-electron chi connectivity index (χ0n) is 55.7. The van der Waals surface area contributed by atoms with E-state index >= 15 is 0 Å². The van der Waals surface area contributed by atoms with Crippen LogP contribution in [0.4, 0.5) is 0 Å². The van der Waals surface area contributed by atoms with E-state index in [1.165, 1.54) is 16.7 Å². The van der Waals surface area contributed by atoms with E-state index in [1.54, 1.807) is 18.2 Å². The van der Waals surface area contributed by atoms with E-state index in [-0.39, 0.29) is 32.9 Å². The summed E-state index contributed by atoms with van der Waals surface area (Å²) >= 11 is 0.